The minimum absolute atomic E-state index is 0.0166. The maximum atomic E-state index is 11.3. The van der Waals surface area contributed by atoms with Crippen LogP contribution in [0, 0.1) is 0 Å². The number of allylic oxidation sites excluding steroid dienone is 9. The molecule has 0 aromatic heterocycles. The first-order valence-corrected chi connectivity index (χ1v) is 13.3. The van der Waals surface area contributed by atoms with E-state index in [2.05, 4.69) is 58.9 Å². The van der Waals surface area contributed by atoms with Gasteiger partial charge in [0.25, 0.3) is 10.1 Å². The Labute approximate surface area is 193 Å². The molecule has 0 rings (SSSR count). The molecule has 0 aromatic rings. The quantitative estimate of drug-likeness (QED) is 0.176. The van der Waals surface area contributed by atoms with Gasteiger partial charge < -0.3 is 0 Å². The summed E-state index contributed by atoms with van der Waals surface area (Å²) in [5, 5.41) is 0. The standard InChI is InChI=1S/C27H46O3S/c1-8-31(28,29)30-22-21-27(7)20-12-19-26(6)18-11-17-25(5)16-10-15-24(4)14-9-13-23(2)3/h13,15,17,19,21H,8-12,14,16,18,20,22H2,1-7H3/b24-15+,25-17?,26-19?,27-21?. The second kappa shape index (κ2) is 17.2. The van der Waals surface area contributed by atoms with E-state index < -0.39 is 10.1 Å². The van der Waals surface area contributed by atoms with E-state index in [1.165, 1.54) is 22.3 Å². The molecule has 0 heterocycles. The van der Waals surface area contributed by atoms with Crippen molar-refractivity contribution >= 4 is 10.1 Å². The third kappa shape index (κ3) is 19.1. The highest BCUT2D eigenvalue weighted by molar-refractivity contribution is 7.86. The number of hydrogen-bond donors (Lipinski definition) is 0. The molecule has 0 amide bonds. The molecule has 0 aliphatic rings. The van der Waals surface area contributed by atoms with Crippen LogP contribution in [0.5, 0.6) is 0 Å². The Morgan fingerprint density at radius 2 is 0.968 bits per heavy atom. The van der Waals surface area contributed by atoms with Crippen LogP contribution in [0.2, 0.25) is 0 Å². The lowest BCUT2D eigenvalue weighted by Gasteiger charge is -2.04. The monoisotopic (exact) mass is 450 g/mol. The van der Waals surface area contributed by atoms with E-state index in [0.29, 0.717) is 0 Å². The predicted molar refractivity (Wildman–Crippen MR) is 137 cm³/mol. The van der Waals surface area contributed by atoms with Gasteiger partial charge in [-0.25, -0.2) is 0 Å². The maximum absolute atomic E-state index is 11.3. The van der Waals surface area contributed by atoms with Gasteiger partial charge in [0.2, 0.25) is 0 Å². The van der Waals surface area contributed by atoms with Gasteiger partial charge in [-0.05, 0) is 99.8 Å². The van der Waals surface area contributed by atoms with Crippen LogP contribution in [0.1, 0.15) is 99.8 Å². The summed E-state index contributed by atoms with van der Waals surface area (Å²) in [5.74, 6) is 0.0166. The van der Waals surface area contributed by atoms with Crippen molar-refractivity contribution in [3.63, 3.8) is 0 Å². The van der Waals surface area contributed by atoms with Gasteiger partial charge in [-0.2, -0.15) is 8.42 Å². The van der Waals surface area contributed by atoms with E-state index in [-0.39, 0.29) is 12.4 Å². The van der Waals surface area contributed by atoms with Gasteiger partial charge in [0.05, 0.1) is 12.4 Å². The van der Waals surface area contributed by atoms with Gasteiger partial charge in [0.15, 0.2) is 0 Å². The van der Waals surface area contributed by atoms with Gasteiger partial charge in [-0.1, -0.05) is 58.2 Å². The highest BCUT2D eigenvalue weighted by Gasteiger charge is 2.05. The van der Waals surface area contributed by atoms with E-state index in [9.17, 15) is 8.42 Å². The Bertz CT molecular complexity index is 758. The van der Waals surface area contributed by atoms with Crippen LogP contribution in [0.4, 0.5) is 0 Å². The molecule has 0 saturated carbocycles. The van der Waals surface area contributed by atoms with Crippen molar-refractivity contribution in [1.82, 2.24) is 0 Å². The van der Waals surface area contributed by atoms with E-state index in [1.807, 2.05) is 13.0 Å². The zero-order chi connectivity index (χ0) is 23.7. The molecule has 0 N–H and O–H groups in total. The molecule has 0 aliphatic heterocycles. The van der Waals surface area contributed by atoms with Crippen LogP contribution in [0.3, 0.4) is 0 Å². The van der Waals surface area contributed by atoms with Crippen molar-refractivity contribution in [2.24, 2.45) is 0 Å². The second-order valence-corrected chi connectivity index (χ2v) is 10.7. The zero-order valence-corrected chi connectivity index (χ0v) is 21.9. The van der Waals surface area contributed by atoms with Crippen LogP contribution in [0.15, 0.2) is 58.2 Å². The minimum atomic E-state index is -3.35. The van der Waals surface area contributed by atoms with Gasteiger partial charge in [-0.15, -0.1) is 0 Å². The number of hydrogen-bond acceptors (Lipinski definition) is 3. The Hall–Kier alpha value is -1.39. The lowest BCUT2D eigenvalue weighted by Crippen LogP contribution is -2.08. The molecule has 0 saturated heterocycles. The molecule has 4 heteroatoms. The Morgan fingerprint density at radius 3 is 1.32 bits per heavy atom. The van der Waals surface area contributed by atoms with Gasteiger partial charge in [-0.3, -0.25) is 4.18 Å². The lowest BCUT2D eigenvalue weighted by atomic mass is 10.0. The SMILES string of the molecule is CCS(=O)(=O)OCC=C(C)CCC=C(C)CCC=C(C)CC/C=C(\C)CCC=C(C)C. The highest BCUT2D eigenvalue weighted by Crippen LogP contribution is 2.14. The van der Waals surface area contributed by atoms with Crippen LogP contribution in [-0.2, 0) is 14.3 Å². The smallest absolute Gasteiger partial charge is 0.266 e. The summed E-state index contributed by atoms with van der Waals surface area (Å²) in [5.41, 5.74) is 6.94. The largest absolute Gasteiger partial charge is 0.267 e. The molecule has 0 spiro atoms. The first kappa shape index (κ1) is 29.6. The van der Waals surface area contributed by atoms with Crippen molar-refractivity contribution in [2.45, 2.75) is 99.8 Å². The number of rotatable bonds is 16. The summed E-state index contributed by atoms with van der Waals surface area (Å²) in [6.07, 6.45) is 19.9. The highest BCUT2D eigenvalue weighted by atomic mass is 32.2. The molecule has 0 radical (unpaired) electrons. The van der Waals surface area contributed by atoms with Crippen molar-refractivity contribution < 1.29 is 12.6 Å². The first-order chi connectivity index (χ1) is 14.6. The van der Waals surface area contributed by atoms with Crippen LogP contribution >= 0.6 is 0 Å². The third-order valence-corrected chi connectivity index (χ3v) is 6.42. The second-order valence-electron chi connectivity index (χ2n) is 8.77. The molecule has 0 fully saturated rings. The van der Waals surface area contributed by atoms with Crippen molar-refractivity contribution in [3.05, 3.63) is 58.2 Å². The summed E-state index contributed by atoms with van der Waals surface area (Å²) >= 11 is 0. The summed E-state index contributed by atoms with van der Waals surface area (Å²) in [6, 6.07) is 0. The van der Waals surface area contributed by atoms with E-state index in [0.717, 1.165) is 56.9 Å². The fourth-order valence-corrected chi connectivity index (χ4v) is 3.44. The fourth-order valence-electron chi connectivity index (χ4n) is 3.00. The summed E-state index contributed by atoms with van der Waals surface area (Å²) in [6.45, 7) is 14.7. The van der Waals surface area contributed by atoms with E-state index >= 15 is 0 Å². The minimum Gasteiger partial charge on any atom is -0.266 e. The van der Waals surface area contributed by atoms with E-state index in [1.54, 1.807) is 6.92 Å². The van der Waals surface area contributed by atoms with Crippen LogP contribution < -0.4 is 0 Å². The van der Waals surface area contributed by atoms with Gasteiger partial charge in [0.1, 0.15) is 0 Å². The Kier molecular flexibility index (Phi) is 16.4. The van der Waals surface area contributed by atoms with Crippen molar-refractivity contribution in [3.8, 4) is 0 Å². The van der Waals surface area contributed by atoms with Gasteiger partial charge in [0, 0.05) is 0 Å². The molecule has 0 aromatic carbocycles. The molecule has 178 valence electrons. The third-order valence-electron chi connectivity index (χ3n) is 5.22. The van der Waals surface area contributed by atoms with E-state index in [4.69, 9.17) is 4.18 Å². The predicted octanol–water partition coefficient (Wildman–Crippen LogP) is 8.22. The Morgan fingerprint density at radius 1 is 0.613 bits per heavy atom. The molecular formula is C27H46O3S. The molecule has 0 atom stereocenters. The normalized spacial score (nSPS) is 14.2. The zero-order valence-electron chi connectivity index (χ0n) is 21.1. The van der Waals surface area contributed by atoms with Crippen molar-refractivity contribution in [2.75, 3.05) is 12.4 Å². The Balaban J connectivity index is 4.13. The average Bonchev–Trinajstić information content (AvgIpc) is 2.67. The molecule has 0 unspecified atom stereocenters. The maximum Gasteiger partial charge on any atom is 0.267 e. The summed E-state index contributed by atoms with van der Waals surface area (Å²) < 4.78 is 27.5. The lowest BCUT2D eigenvalue weighted by molar-refractivity contribution is 0.357. The molecule has 3 nitrogen and oxygen atoms in total. The molecule has 0 bridgehead atoms. The summed E-state index contributed by atoms with van der Waals surface area (Å²) in [7, 11) is -3.35. The molecule has 31 heavy (non-hydrogen) atoms. The van der Waals surface area contributed by atoms with Crippen LogP contribution in [-0.4, -0.2) is 20.8 Å². The molecule has 0 aliphatic carbocycles. The molecular weight excluding hydrogens is 404 g/mol. The first-order valence-electron chi connectivity index (χ1n) is 11.7. The van der Waals surface area contributed by atoms with Crippen LogP contribution in [0.25, 0.3) is 0 Å². The van der Waals surface area contributed by atoms with Crippen molar-refractivity contribution in [1.29, 1.82) is 0 Å². The topological polar surface area (TPSA) is 43.4 Å². The average molecular weight is 451 g/mol. The summed E-state index contributed by atoms with van der Waals surface area (Å²) in [4.78, 5) is 0. The van der Waals surface area contributed by atoms with Gasteiger partial charge >= 0.3 is 0 Å². The fraction of sp³-hybridized carbons (Fsp3) is 0.630.